The van der Waals surface area contributed by atoms with Gasteiger partial charge in [0, 0.05) is 16.9 Å². The highest BCUT2D eigenvalue weighted by Gasteiger charge is 2.23. The summed E-state index contributed by atoms with van der Waals surface area (Å²) in [5.41, 5.74) is 0.404. The maximum atomic E-state index is 12.2. The number of carbonyl (C=O) groups excluding carboxylic acids is 3. The second-order valence-electron chi connectivity index (χ2n) is 5.27. The van der Waals surface area contributed by atoms with Crippen LogP contribution in [0.5, 0.6) is 5.75 Å². The molecule has 0 atom stereocenters. The fraction of sp³-hybridized carbons (Fsp3) is 0.438. The molecule has 1 saturated carbocycles. The quantitative estimate of drug-likeness (QED) is 0.549. The SMILES string of the molecule is COc1ccc(Br)cc1C(=O)CCC(=O)OCC(=O)NC1CC1. The second-order valence-corrected chi connectivity index (χ2v) is 6.19. The van der Waals surface area contributed by atoms with Gasteiger partial charge in [0.15, 0.2) is 12.4 Å². The second kappa shape index (κ2) is 8.10. The summed E-state index contributed by atoms with van der Waals surface area (Å²) in [4.78, 5) is 35.2. The van der Waals surface area contributed by atoms with Crippen LogP contribution in [-0.2, 0) is 14.3 Å². The average Bonchev–Trinajstić information content (AvgIpc) is 3.34. The van der Waals surface area contributed by atoms with Crippen LogP contribution in [0.4, 0.5) is 0 Å². The molecule has 1 aliphatic rings. The molecular weight excluding hydrogens is 366 g/mol. The molecule has 1 amide bonds. The number of hydrogen-bond acceptors (Lipinski definition) is 5. The van der Waals surface area contributed by atoms with Crippen molar-refractivity contribution < 1.29 is 23.9 Å². The van der Waals surface area contributed by atoms with Crippen molar-refractivity contribution in [2.24, 2.45) is 0 Å². The zero-order valence-corrected chi connectivity index (χ0v) is 14.4. The molecule has 7 heteroatoms. The summed E-state index contributed by atoms with van der Waals surface area (Å²) in [6.45, 7) is -0.302. The van der Waals surface area contributed by atoms with Gasteiger partial charge in [-0.25, -0.2) is 0 Å². The van der Waals surface area contributed by atoms with Crippen molar-refractivity contribution >= 4 is 33.6 Å². The third kappa shape index (κ3) is 5.67. The Morgan fingerprint density at radius 1 is 1.26 bits per heavy atom. The fourth-order valence-corrected chi connectivity index (χ4v) is 2.32. The van der Waals surface area contributed by atoms with Crippen molar-refractivity contribution in [1.82, 2.24) is 5.32 Å². The van der Waals surface area contributed by atoms with E-state index in [0.717, 1.165) is 17.3 Å². The summed E-state index contributed by atoms with van der Waals surface area (Å²) in [5, 5.41) is 2.72. The number of carbonyl (C=O) groups is 3. The van der Waals surface area contributed by atoms with Crippen LogP contribution in [0.25, 0.3) is 0 Å². The van der Waals surface area contributed by atoms with E-state index in [-0.39, 0.29) is 37.2 Å². The minimum atomic E-state index is -0.571. The number of amides is 1. The Morgan fingerprint density at radius 2 is 2.00 bits per heavy atom. The van der Waals surface area contributed by atoms with E-state index in [1.54, 1.807) is 18.2 Å². The lowest BCUT2D eigenvalue weighted by Gasteiger charge is -2.08. The van der Waals surface area contributed by atoms with Gasteiger partial charge in [0.2, 0.25) is 0 Å². The third-order valence-corrected chi connectivity index (χ3v) is 3.82. The van der Waals surface area contributed by atoms with Gasteiger partial charge < -0.3 is 14.8 Å². The van der Waals surface area contributed by atoms with Crippen molar-refractivity contribution in [2.45, 2.75) is 31.7 Å². The number of esters is 1. The highest BCUT2D eigenvalue weighted by Crippen LogP contribution is 2.24. The van der Waals surface area contributed by atoms with Gasteiger partial charge in [-0.2, -0.15) is 0 Å². The van der Waals surface area contributed by atoms with Crippen molar-refractivity contribution in [2.75, 3.05) is 13.7 Å². The largest absolute Gasteiger partial charge is 0.496 e. The number of ketones is 1. The summed E-state index contributed by atoms with van der Waals surface area (Å²) < 4.78 is 10.7. The normalized spacial score (nSPS) is 13.3. The maximum absolute atomic E-state index is 12.2. The van der Waals surface area contributed by atoms with Crippen molar-refractivity contribution in [3.8, 4) is 5.75 Å². The van der Waals surface area contributed by atoms with Crippen LogP contribution >= 0.6 is 15.9 Å². The van der Waals surface area contributed by atoms with Crippen LogP contribution in [0.1, 0.15) is 36.0 Å². The highest BCUT2D eigenvalue weighted by atomic mass is 79.9. The maximum Gasteiger partial charge on any atom is 0.306 e. The smallest absolute Gasteiger partial charge is 0.306 e. The Hall–Kier alpha value is -1.89. The van der Waals surface area contributed by atoms with Crippen molar-refractivity contribution in [3.05, 3.63) is 28.2 Å². The number of nitrogens with one attached hydrogen (secondary N) is 1. The van der Waals surface area contributed by atoms with Crippen molar-refractivity contribution in [3.63, 3.8) is 0 Å². The number of halogens is 1. The molecule has 0 spiro atoms. The van der Waals surface area contributed by atoms with Gasteiger partial charge in [0.1, 0.15) is 5.75 Å². The lowest BCUT2D eigenvalue weighted by atomic mass is 10.1. The molecule has 1 fully saturated rings. The number of rotatable bonds is 8. The lowest BCUT2D eigenvalue weighted by molar-refractivity contribution is -0.148. The molecule has 1 aromatic rings. The van der Waals surface area contributed by atoms with E-state index in [9.17, 15) is 14.4 Å². The molecular formula is C16H18BrNO5. The van der Waals surface area contributed by atoms with Crippen LogP contribution in [0, 0.1) is 0 Å². The van der Waals surface area contributed by atoms with E-state index in [2.05, 4.69) is 21.2 Å². The first kappa shape index (κ1) is 17.5. The predicted octanol–water partition coefficient (Wildman–Crippen LogP) is 2.24. The zero-order chi connectivity index (χ0) is 16.8. The molecule has 1 N–H and O–H groups in total. The van der Waals surface area contributed by atoms with E-state index in [1.165, 1.54) is 7.11 Å². The van der Waals surface area contributed by atoms with Gasteiger partial charge in [-0.05, 0) is 31.0 Å². The van der Waals surface area contributed by atoms with E-state index < -0.39 is 5.97 Å². The number of Topliss-reactive ketones (excluding diaryl/α,β-unsaturated/α-hetero) is 1. The Morgan fingerprint density at radius 3 is 2.65 bits per heavy atom. The van der Waals surface area contributed by atoms with E-state index >= 15 is 0 Å². The van der Waals surface area contributed by atoms with Crippen LogP contribution < -0.4 is 10.1 Å². The molecule has 1 aromatic carbocycles. The zero-order valence-electron chi connectivity index (χ0n) is 12.8. The summed E-state index contributed by atoms with van der Waals surface area (Å²) in [6, 6.07) is 5.32. The molecule has 0 unspecified atom stereocenters. The Labute approximate surface area is 142 Å². The molecule has 1 aliphatic carbocycles. The first-order valence-electron chi connectivity index (χ1n) is 7.31. The van der Waals surface area contributed by atoms with Crippen LogP contribution in [0.3, 0.4) is 0 Å². The molecule has 0 heterocycles. The Balaban J connectivity index is 1.78. The van der Waals surface area contributed by atoms with Crippen LogP contribution in [0.15, 0.2) is 22.7 Å². The monoisotopic (exact) mass is 383 g/mol. The average molecular weight is 384 g/mol. The van der Waals surface area contributed by atoms with Crippen LogP contribution in [0.2, 0.25) is 0 Å². The van der Waals surface area contributed by atoms with Gasteiger partial charge in [-0.1, -0.05) is 15.9 Å². The third-order valence-electron chi connectivity index (χ3n) is 3.32. The molecule has 2 rings (SSSR count). The van der Waals surface area contributed by atoms with E-state index in [0.29, 0.717) is 11.3 Å². The highest BCUT2D eigenvalue weighted by molar-refractivity contribution is 9.10. The summed E-state index contributed by atoms with van der Waals surface area (Å²) in [7, 11) is 1.48. The van der Waals surface area contributed by atoms with Gasteiger partial charge in [0.25, 0.3) is 5.91 Å². The van der Waals surface area contributed by atoms with E-state index in [4.69, 9.17) is 9.47 Å². The summed E-state index contributed by atoms with van der Waals surface area (Å²) in [5.74, 6) is -0.642. The number of methoxy groups -OCH3 is 1. The number of ether oxygens (including phenoxy) is 2. The fourth-order valence-electron chi connectivity index (χ4n) is 1.96. The Kier molecular flexibility index (Phi) is 6.15. The van der Waals surface area contributed by atoms with Gasteiger partial charge in [-0.3, -0.25) is 14.4 Å². The van der Waals surface area contributed by atoms with Crippen molar-refractivity contribution in [1.29, 1.82) is 0 Å². The molecule has 0 aromatic heterocycles. The van der Waals surface area contributed by atoms with Gasteiger partial charge in [-0.15, -0.1) is 0 Å². The van der Waals surface area contributed by atoms with Crippen LogP contribution in [-0.4, -0.2) is 37.4 Å². The first-order chi connectivity index (χ1) is 11.0. The molecule has 0 radical (unpaired) electrons. The molecule has 0 saturated heterocycles. The van der Waals surface area contributed by atoms with Gasteiger partial charge in [0.05, 0.1) is 19.1 Å². The molecule has 6 nitrogen and oxygen atoms in total. The molecule has 23 heavy (non-hydrogen) atoms. The molecule has 124 valence electrons. The lowest BCUT2D eigenvalue weighted by Crippen LogP contribution is -2.30. The summed E-state index contributed by atoms with van der Waals surface area (Å²) >= 11 is 3.30. The standard InChI is InChI=1S/C16H18BrNO5/c1-22-14-6-2-10(17)8-12(14)13(19)5-7-16(21)23-9-15(20)18-11-3-4-11/h2,6,8,11H,3-5,7,9H2,1H3,(H,18,20). The summed E-state index contributed by atoms with van der Waals surface area (Å²) in [6.07, 6.45) is 1.87. The van der Waals surface area contributed by atoms with E-state index in [1.807, 2.05) is 0 Å². The number of hydrogen-bond donors (Lipinski definition) is 1. The molecule has 0 aliphatic heterocycles. The minimum absolute atomic E-state index is 0.00408. The Bertz CT molecular complexity index is 612. The predicted molar refractivity (Wildman–Crippen MR) is 86.4 cm³/mol. The molecule has 0 bridgehead atoms. The van der Waals surface area contributed by atoms with Gasteiger partial charge >= 0.3 is 5.97 Å². The first-order valence-corrected chi connectivity index (χ1v) is 8.10. The minimum Gasteiger partial charge on any atom is -0.496 e. The number of benzene rings is 1. The topological polar surface area (TPSA) is 81.7 Å².